The molecule has 7 rings (SSSR count). The number of halogens is 1. The maximum atomic E-state index is 13.6. The van der Waals surface area contributed by atoms with Crippen molar-refractivity contribution in [3.63, 3.8) is 0 Å². The van der Waals surface area contributed by atoms with E-state index in [1.54, 1.807) is 12.1 Å². The molecule has 1 aromatic heterocycles. The number of aliphatic hydroxyl groups is 2. The molecule has 214 valence electrons. The molecule has 7 atom stereocenters. The summed E-state index contributed by atoms with van der Waals surface area (Å²) >= 11 is 0. The third-order valence-corrected chi connectivity index (χ3v) is 11.3. The van der Waals surface area contributed by atoms with Gasteiger partial charge in [0.2, 0.25) is 0 Å². The summed E-state index contributed by atoms with van der Waals surface area (Å²) in [6.45, 7) is 4.69. The monoisotopic (exact) mass is 555 g/mol. The van der Waals surface area contributed by atoms with Crippen LogP contribution in [-0.2, 0) is 17.8 Å². The third-order valence-electron chi connectivity index (χ3n) is 11.3. The fourth-order valence-corrected chi connectivity index (χ4v) is 9.27. The van der Waals surface area contributed by atoms with Gasteiger partial charge in [0, 0.05) is 12.0 Å². The predicted octanol–water partition coefficient (Wildman–Crippen LogP) is 5.21. The van der Waals surface area contributed by atoms with Crippen molar-refractivity contribution in [1.29, 1.82) is 0 Å². The van der Waals surface area contributed by atoms with Gasteiger partial charge < -0.3 is 15.5 Å². The van der Waals surface area contributed by atoms with E-state index in [-0.39, 0.29) is 34.9 Å². The summed E-state index contributed by atoms with van der Waals surface area (Å²) in [5.74, 6) is -0.182. The van der Waals surface area contributed by atoms with Crippen molar-refractivity contribution in [2.24, 2.45) is 28.6 Å². The highest BCUT2D eigenvalue weighted by Gasteiger charge is 2.68. The van der Waals surface area contributed by atoms with Crippen LogP contribution < -0.4 is 5.32 Å². The molecule has 7 heteroatoms. The number of nitrogens with one attached hydrogen (secondary N) is 1. The van der Waals surface area contributed by atoms with Crippen LogP contribution in [0.5, 0.6) is 0 Å². The zero-order valence-corrected chi connectivity index (χ0v) is 23.7. The summed E-state index contributed by atoms with van der Waals surface area (Å²) in [7, 11) is 0. The number of fused-ring (bicyclic) bond motifs is 6. The van der Waals surface area contributed by atoms with Gasteiger partial charge in [-0.3, -0.25) is 4.79 Å². The molecule has 4 aliphatic carbocycles. The fraction of sp³-hybridized carbons (Fsp3) is 0.471. The molecule has 0 spiro atoms. The standard InChI is InChI=1S/C34H38FN3O3/c1-32-17-22-20-37-38(25-11-9-24(35)10-12-25)28(22)16-23(32)8-13-26-27-14-15-34(41,33(27,2)18-29(39)30(26)32)31(40)36-19-21-6-4-3-5-7-21/h3-7,9-12,16,20,26-27,29-30,39,41H,8,13-15,17-19H2,1-2H3,(H,36,40). The summed E-state index contributed by atoms with van der Waals surface area (Å²) in [6, 6.07) is 16.1. The molecule has 3 N–H and O–H groups in total. The molecular weight excluding hydrogens is 517 g/mol. The Balaban J connectivity index is 1.16. The van der Waals surface area contributed by atoms with E-state index >= 15 is 0 Å². The van der Waals surface area contributed by atoms with E-state index in [1.165, 1.54) is 17.7 Å². The van der Waals surface area contributed by atoms with E-state index < -0.39 is 17.1 Å². The second-order valence-electron chi connectivity index (χ2n) is 13.3. The first-order valence-corrected chi connectivity index (χ1v) is 14.9. The summed E-state index contributed by atoms with van der Waals surface area (Å²) in [6.07, 6.45) is 7.72. The van der Waals surface area contributed by atoms with Crippen molar-refractivity contribution in [2.75, 3.05) is 0 Å². The summed E-state index contributed by atoms with van der Waals surface area (Å²) in [5.41, 5.74) is 2.87. The molecule has 0 bridgehead atoms. The van der Waals surface area contributed by atoms with Crippen LogP contribution in [0.25, 0.3) is 11.8 Å². The molecule has 0 saturated heterocycles. The summed E-state index contributed by atoms with van der Waals surface area (Å²) in [5, 5.41) is 31.5. The predicted molar refractivity (Wildman–Crippen MR) is 154 cm³/mol. The first kappa shape index (κ1) is 26.6. The number of benzene rings is 2. The van der Waals surface area contributed by atoms with Gasteiger partial charge >= 0.3 is 0 Å². The number of nitrogens with zero attached hydrogens (tertiary/aromatic N) is 2. The SMILES string of the molecule is CC12Cc3cnn(-c4ccc(F)cc4)c3C=C1CCC1C2C(O)CC2(C)C1CCC2(O)C(=O)NCc1ccccc1. The van der Waals surface area contributed by atoms with Crippen molar-refractivity contribution in [2.45, 2.75) is 70.6 Å². The lowest BCUT2D eigenvalue weighted by Crippen LogP contribution is -2.63. The van der Waals surface area contributed by atoms with Crippen LogP contribution in [0, 0.1) is 34.4 Å². The van der Waals surface area contributed by atoms with Gasteiger partial charge in [-0.1, -0.05) is 49.8 Å². The number of amides is 1. The zero-order chi connectivity index (χ0) is 28.6. The number of carbonyl (C=O) groups excluding carboxylic acids is 1. The number of hydrogen-bond acceptors (Lipinski definition) is 4. The number of aliphatic hydroxyl groups excluding tert-OH is 1. The van der Waals surface area contributed by atoms with Crippen LogP contribution in [-0.4, -0.2) is 37.6 Å². The van der Waals surface area contributed by atoms with Crippen LogP contribution in [0.1, 0.15) is 62.8 Å². The highest BCUT2D eigenvalue weighted by atomic mass is 19.1. The Kier molecular flexibility index (Phi) is 6.07. The van der Waals surface area contributed by atoms with Crippen LogP contribution in [0.3, 0.4) is 0 Å². The molecule has 7 unspecified atom stereocenters. The average molecular weight is 556 g/mol. The van der Waals surface area contributed by atoms with Gasteiger partial charge in [-0.25, -0.2) is 9.07 Å². The van der Waals surface area contributed by atoms with Gasteiger partial charge in [-0.2, -0.15) is 5.10 Å². The fourth-order valence-electron chi connectivity index (χ4n) is 9.27. The highest BCUT2D eigenvalue weighted by molar-refractivity contribution is 5.86. The van der Waals surface area contributed by atoms with Crippen molar-refractivity contribution in [3.05, 3.63) is 89.0 Å². The lowest BCUT2D eigenvalue weighted by atomic mass is 9.45. The van der Waals surface area contributed by atoms with Crippen LogP contribution in [0.2, 0.25) is 0 Å². The first-order valence-electron chi connectivity index (χ1n) is 14.9. The van der Waals surface area contributed by atoms with Crippen molar-refractivity contribution >= 4 is 12.0 Å². The third kappa shape index (κ3) is 3.88. The second-order valence-corrected chi connectivity index (χ2v) is 13.3. The highest BCUT2D eigenvalue weighted by Crippen LogP contribution is 2.67. The molecule has 1 heterocycles. The van der Waals surface area contributed by atoms with Crippen molar-refractivity contribution in [3.8, 4) is 5.69 Å². The Morgan fingerprint density at radius 2 is 1.88 bits per heavy atom. The topological polar surface area (TPSA) is 87.4 Å². The lowest BCUT2D eigenvalue weighted by Gasteiger charge is -2.60. The van der Waals surface area contributed by atoms with Crippen LogP contribution in [0.4, 0.5) is 4.39 Å². The van der Waals surface area contributed by atoms with E-state index in [0.717, 1.165) is 48.2 Å². The molecule has 6 nitrogen and oxygen atoms in total. The molecule has 3 aromatic rings. The smallest absolute Gasteiger partial charge is 0.252 e. The largest absolute Gasteiger partial charge is 0.393 e. The Bertz CT molecular complexity index is 1520. The Labute approximate surface area is 240 Å². The quantitative estimate of drug-likeness (QED) is 0.413. The van der Waals surface area contributed by atoms with Gasteiger partial charge in [0.25, 0.3) is 5.91 Å². The molecule has 0 aliphatic heterocycles. The number of aromatic nitrogens is 2. The summed E-state index contributed by atoms with van der Waals surface area (Å²) < 4.78 is 15.4. The molecule has 1 amide bonds. The maximum absolute atomic E-state index is 13.6. The van der Waals surface area contributed by atoms with E-state index in [1.807, 2.05) is 48.1 Å². The van der Waals surface area contributed by atoms with Crippen molar-refractivity contribution in [1.82, 2.24) is 15.1 Å². The molecule has 0 radical (unpaired) electrons. The van der Waals surface area contributed by atoms with E-state index in [0.29, 0.717) is 19.4 Å². The summed E-state index contributed by atoms with van der Waals surface area (Å²) in [4.78, 5) is 13.6. The van der Waals surface area contributed by atoms with Gasteiger partial charge in [0.15, 0.2) is 0 Å². The van der Waals surface area contributed by atoms with Gasteiger partial charge in [0.1, 0.15) is 11.4 Å². The van der Waals surface area contributed by atoms with E-state index in [9.17, 15) is 19.4 Å². The van der Waals surface area contributed by atoms with E-state index in [2.05, 4.69) is 23.4 Å². The molecule has 41 heavy (non-hydrogen) atoms. The van der Waals surface area contributed by atoms with Crippen molar-refractivity contribution < 1.29 is 19.4 Å². The second kappa shape index (κ2) is 9.36. The van der Waals surface area contributed by atoms with Gasteiger partial charge in [0.05, 0.1) is 23.7 Å². The minimum Gasteiger partial charge on any atom is -0.393 e. The minimum atomic E-state index is -1.51. The average Bonchev–Trinajstić information content (AvgIpc) is 3.48. The van der Waals surface area contributed by atoms with Crippen LogP contribution >= 0.6 is 0 Å². The molecule has 2 aromatic carbocycles. The Morgan fingerprint density at radius 1 is 1.12 bits per heavy atom. The number of allylic oxidation sites excluding steroid dienone is 1. The molecule has 3 fully saturated rings. The minimum absolute atomic E-state index is 0.0395. The number of rotatable bonds is 4. The van der Waals surface area contributed by atoms with E-state index in [4.69, 9.17) is 0 Å². The Morgan fingerprint density at radius 3 is 2.63 bits per heavy atom. The van der Waals surface area contributed by atoms with Gasteiger partial charge in [-0.15, -0.1) is 0 Å². The molecule has 3 saturated carbocycles. The molecule has 4 aliphatic rings. The normalized spacial score (nSPS) is 35.5. The number of hydrogen-bond donors (Lipinski definition) is 3. The molecular formula is C34H38FN3O3. The maximum Gasteiger partial charge on any atom is 0.252 e. The van der Waals surface area contributed by atoms with Crippen LogP contribution in [0.15, 0.2) is 66.4 Å². The Hall–Kier alpha value is -3.29. The number of carbonyl (C=O) groups is 1. The van der Waals surface area contributed by atoms with Gasteiger partial charge in [-0.05, 0) is 103 Å². The zero-order valence-electron chi connectivity index (χ0n) is 23.7. The first-order chi connectivity index (χ1) is 19.6. The lowest BCUT2D eigenvalue weighted by molar-refractivity contribution is -0.181.